The highest BCUT2D eigenvalue weighted by Gasteiger charge is 2.38. The number of benzene rings is 3. The molecule has 2 atom stereocenters. The monoisotopic (exact) mass is 632 g/mol. The van der Waals surface area contributed by atoms with Crippen LogP contribution in [0.25, 0.3) is 0 Å². The molecule has 246 valence electrons. The van der Waals surface area contributed by atoms with Crippen molar-refractivity contribution in [3.05, 3.63) is 108 Å². The van der Waals surface area contributed by atoms with Crippen molar-refractivity contribution in [2.45, 2.75) is 63.3 Å². The van der Waals surface area contributed by atoms with Crippen LogP contribution in [-0.4, -0.2) is 66.4 Å². The number of carbonyl (C=O) groups excluding carboxylic acids is 3. The first-order chi connectivity index (χ1) is 21.9. The summed E-state index contributed by atoms with van der Waals surface area (Å²) < 4.78 is 11.7. The smallest absolute Gasteiger partial charge is 0.407 e. The van der Waals surface area contributed by atoms with Gasteiger partial charge in [-0.25, -0.2) is 9.59 Å². The molecule has 11 nitrogen and oxygen atoms in total. The summed E-state index contributed by atoms with van der Waals surface area (Å²) in [6, 6.07) is 26.6. The Kier molecular flexibility index (Phi) is 13.3. The predicted octanol–water partition coefficient (Wildman–Crippen LogP) is 3.70. The molecule has 0 aromatic heterocycles. The van der Waals surface area contributed by atoms with Gasteiger partial charge in [0.1, 0.15) is 23.3 Å². The van der Waals surface area contributed by atoms with E-state index in [9.17, 15) is 24.3 Å². The largest absolute Gasteiger partial charge is 0.480 e. The average Bonchev–Trinajstić information content (AvgIpc) is 3.03. The second-order valence-electron chi connectivity index (χ2n) is 11.8. The van der Waals surface area contributed by atoms with Crippen LogP contribution in [0.1, 0.15) is 56.7 Å². The van der Waals surface area contributed by atoms with Crippen LogP contribution in [-0.2, 0) is 29.5 Å². The highest BCUT2D eigenvalue weighted by molar-refractivity contribution is 5.89. The van der Waals surface area contributed by atoms with E-state index in [4.69, 9.17) is 15.2 Å². The molecule has 0 aliphatic carbocycles. The van der Waals surface area contributed by atoms with Crippen LogP contribution in [0, 0.1) is 0 Å². The molecule has 0 spiro atoms. The minimum absolute atomic E-state index is 0.138. The lowest BCUT2D eigenvalue weighted by atomic mass is 9.80. The van der Waals surface area contributed by atoms with E-state index in [2.05, 4.69) is 16.0 Å². The third-order valence-corrected chi connectivity index (χ3v) is 7.00. The van der Waals surface area contributed by atoms with E-state index < -0.39 is 53.7 Å². The topological polar surface area (TPSA) is 169 Å². The Bertz CT molecular complexity index is 1320. The van der Waals surface area contributed by atoms with Crippen molar-refractivity contribution >= 4 is 23.9 Å². The SMILES string of the molecule is CC(C)(C)OC(=O)NCCCC[C@H](NC(=O)CNC(=O)[C@@H](N)COC(c1ccccc1)(c1ccccc1)c1ccccc1)C(=O)O. The molecule has 3 aromatic rings. The van der Waals surface area contributed by atoms with Gasteiger partial charge in [-0.3, -0.25) is 9.59 Å². The normalized spacial score (nSPS) is 12.8. The summed E-state index contributed by atoms with van der Waals surface area (Å²) in [6.45, 7) is 4.92. The molecule has 0 fully saturated rings. The number of unbranched alkanes of at least 4 members (excludes halogenated alkanes) is 1. The number of ether oxygens (including phenoxy) is 2. The summed E-state index contributed by atoms with van der Waals surface area (Å²) in [7, 11) is 0. The highest BCUT2D eigenvalue weighted by Crippen LogP contribution is 2.40. The molecule has 3 amide bonds. The maximum absolute atomic E-state index is 12.9. The second kappa shape index (κ2) is 17.1. The van der Waals surface area contributed by atoms with Crippen molar-refractivity contribution in [1.29, 1.82) is 0 Å². The van der Waals surface area contributed by atoms with Gasteiger partial charge < -0.3 is 36.3 Å². The van der Waals surface area contributed by atoms with Gasteiger partial charge in [0, 0.05) is 6.54 Å². The molecule has 46 heavy (non-hydrogen) atoms. The van der Waals surface area contributed by atoms with E-state index in [-0.39, 0.29) is 13.0 Å². The third-order valence-electron chi connectivity index (χ3n) is 7.00. The summed E-state index contributed by atoms with van der Waals surface area (Å²) in [5, 5.41) is 17.1. The number of rotatable bonds is 16. The minimum atomic E-state index is -1.20. The van der Waals surface area contributed by atoms with Gasteiger partial charge in [0.2, 0.25) is 11.8 Å². The fourth-order valence-corrected chi connectivity index (χ4v) is 4.84. The fraction of sp³-hybridized carbons (Fsp3) is 0.371. The number of hydrogen-bond donors (Lipinski definition) is 5. The number of carbonyl (C=O) groups is 4. The van der Waals surface area contributed by atoms with Gasteiger partial charge in [-0.2, -0.15) is 0 Å². The van der Waals surface area contributed by atoms with Gasteiger partial charge >= 0.3 is 12.1 Å². The van der Waals surface area contributed by atoms with E-state index in [0.29, 0.717) is 19.4 Å². The molecule has 0 aliphatic heterocycles. The number of aliphatic carboxylic acids is 1. The maximum atomic E-state index is 12.9. The van der Waals surface area contributed by atoms with Crippen molar-refractivity contribution < 1.29 is 33.8 Å². The molecule has 0 bridgehead atoms. The summed E-state index contributed by atoms with van der Waals surface area (Å²) in [5.41, 5.74) is 7.09. The molecule has 0 heterocycles. The number of alkyl carbamates (subject to hydrolysis) is 1. The number of amides is 3. The zero-order chi connectivity index (χ0) is 33.6. The van der Waals surface area contributed by atoms with Crippen molar-refractivity contribution in [3.8, 4) is 0 Å². The molecule has 3 rings (SSSR count). The lowest BCUT2D eigenvalue weighted by molar-refractivity contribution is -0.142. The van der Waals surface area contributed by atoms with E-state index >= 15 is 0 Å². The maximum Gasteiger partial charge on any atom is 0.407 e. The Balaban J connectivity index is 1.57. The van der Waals surface area contributed by atoms with Crippen molar-refractivity contribution in [3.63, 3.8) is 0 Å². The van der Waals surface area contributed by atoms with E-state index in [1.54, 1.807) is 20.8 Å². The van der Waals surface area contributed by atoms with Gasteiger partial charge in [-0.05, 0) is 56.7 Å². The Morgan fingerprint density at radius 2 is 1.28 bits per heavy atom. The highest BCUT2D eigenvalue weighted by atomic mass is 16.6. The van der Waals surface area contributed by atoms with E-state index in [0.717, 1.165) is 16.7 Å². The summed E-state index contributed by atoms with van der Waals surface area (Å²) >= 11 is 0. The lowest BCUT2D eigenvalue weighted by Gasteiger charge is -2.36. The van der Waals surface area contributed by atoms with Crippen LogP contribution >= 0.6 is 0 Å². The quantitative estimate of drug-likeness (QED) is 0.118. The van der Waals surface area contributed by atoms with Crippen LogP contribution in [0.15, 0.2) is 91.0 Å². The molecule has 0 saturated heterocycles. The van der Waals surface area contributed by atoms with Gasteiger partial charge in [-0.1, -0.05) is 91.0 Å². The standard InChI is InChI=1S/C35H44N4O7/c1-34(2,3)46-33(44)37-22-14-13-21-29(32(42)43)39-30(40)23-38-31(41)28(36)24-45-35(25-15-7-4-8-16-25,26-17-9-5-10-18-26)27-19-11-6-12-20-27/h4-12,15-20,28-29H,13-14,21-24,36H2,1-3H3,(H,37,44)(H,38,41)(H,39,40)(H,42,43)/t28-,29-/m0/s1. The van der Waals surface area contributed by atoms with Crippen LogP contribution in [0.4, 0.5) is 4.79 Å². The number of hydrogen-bond acceptors (Lipinski definition) is 7. The van der Waals surface area contributed by atoms with Crippen LogP contribution < -0.4 is 21.7 Å². The summed E-state index contributed by atoms with van der Waals surface area (Å²) in [5.74, 6) is -2.50. The van der Waals surface area contributed by atoms with Gasteiger partial charge in [0.25, 0.3) is 0 Å². The molecule has 6 N–H and O–H groups in total. The van der Waals surface area contributed by atoms with Gasteiger partial charge in [0.05, 0.1) is 13.2 Å². The Morgan fingerprint density at radius 1 is 0.783 bits per heavy atom. The zero-order valence-electron chi connectivity index (χ0n) is 26.5. The number of carboxylic acid groups (broad SMARTS) is 1. The van der Waals surface area contributed by atoms with E-state index in [1.165, 1.54) is 0 Å². The zero-order valence-corrected chi connectivity index (χ0v) is 26.5. The minimum Gasteiger partial charge on any atom is -0.480 e. The predicted molar refractivity (Wildman–Crippen MR) is 174 cm³/mol. The molecule has 0 aliphatic rings. The van der Waals surface area contributed by atoms with E-state index in [1.807, 2.05) is 91.0 Å². The van der Waals surface area contributed by atoms with Crippen molar-refractivity contribution in [2.75, 3.05) is 19.7 Å². The first-order valence-electron chi connectivity index (χ1n) is 15.2. The Labute approximate surface area is 269 Å². The number of carboxylic acids is 1. The average molecular weight is 633 g/mol. The fourth-order valence-electron chi connectivity index (χ4n) is 4.84. The molecule has 0 unspecified atom stereocenters. The molecule has 0 saturated carbocycles. The second-order valence-corrected chi connectivity index (χ2v) is 11.8. The first kappa shape index (κ1) is 35.7. The summed E-state index contributed by atoms with van der Waals surface area (Å²) in [4.78, 5) is 48.9. The van der Waals surface area contributed by atoms with Crippen LogP contribution in [0.5, 0.6) is 0 Å². The third kappa shape index (κ3) is 10.7. The Hall–Kier alpha value is -4.74. The summed E-state index contributed by atoms with van der Waals surface area (Å²) in [6.07, 6.45) is 0.494. The van der Waals surface area contributed by atoms with Gasteiger partial charge in [0.15, 0.2) is 0 Å². The molecule has 3 aromatic carbocycles. The molecule has 11 heteroatoms. The molecular weight excluding hydrogens is 588 g/mol. The van der Waals surface area contributed by atoms with Crippen LogP contribution in [0.3, 0.4) is 0 Å². The molecular formula is C35H44N4O7. The van der Waals surface area contributed by atoms with Gasteiger partial charge in [-0.15, -0.1) is 0 Å². The Morgan fingerprint density at radius 3 is 1.74 bits per heavy atom. The van der Waals surface area contributed by atoms with Crippen molar-refractivity contribution in [2.24, 2.45) is 5.73 Å². The molecule has 0 radical (unpaired) electrons. The van der Waals surface area contributed by atoms with Crippen LogP contribution in [0.2, 0.25) is 0 Å². The number of nitrogens with two attached hydrogens (primary N) is 1. The first-order valence-corrected chi connectivity index (χ1v) is 15.2. The number of nitrogens with one attached hydrogen (secondary N) is 3. The lowest BCUT2D eigenvalue weighted by Crippen LogP contribution is -2.50. The van der Waals surface area contributed by atoms with Crippen molar-refractivity contribution in [1.82, 2.24) is 16.0 Å².